The molecule has 1 aromatic rings. The Labute approximate surface area is 113 Å². The first-order valence-electron chi connectivity index (χ1n) is 7.16. The van der Waals surface area contributed by atoms with Crippen molar-refractivity contribution in [2.45, 2.75) is 59.9 Å². The normalized spacial score (nSPS) is 15.4. The highest BCUT2D eigenvalue weighted by atomic mass is 14.6. The van der Waals surface area contributed by atoms with E-state index in [2.05, 4.69) is 58.9 Å². The first-order valence-corrected chi connectivity index (χ1v) is 7.16. The maximum absolute atomic E-state index is 6.31. The molecular weight excluding hydrogens is 218 g/mol. The van der Waals surface area contributed by atoms with E-state index in [1.165, 1.54) is 17.5 Å². The van der Waals surface area contributed by atoms with Gasteiger partial charge in [0.25, 0.3) is 0 Å². The molecule has 1 heteroatoms. The molecule has 2 N–H and O–H groups in total. The third-order valence-electron chi connectivity index (χ3n) is 3.43. The van der Waals surface area contributed by atoms with E-state index in [1.54, 1.807) is 0 Å². The molecule has 1 aromatic carbocycles. The molecular formula is C17H29N. The number of aryl methyl sites for hydroxylation is 1. The quantitative estimate of drug-likeness (QED) is 0.801. The summed E-state index contributed by atoms with van der Waals surface area (Å²) in [7, 11) is 0. The van der Waals surface area contributed by atoms with Gasteiger partial charge in [-0.25, -0.2) is 0 Å². The highest BCUT2D eigenvalue weighted by Gasteiger charge is 2.18. The lowest BCUT2D eigenvalue weighted by Crippen LogP contribution is -2.18. The second-order valence-corrected chi connectivity index (χ2v) is 6.81. The zero-order valence-electron chi connectivity index (χ0n) is 12.7. The molecule has 0 spiro atoms. The summed E-state index contributed by atoms with van der Waals surface area (Å²) in [6.07, 6.45) is 3.40. The van der Waals surface area contributed by atoms with Crippen LogP contribution in [-0.4, -0.2) is 0 Å². The molecule has 0 radical (unpaired) electrons. The zero-order chi connectivity index (χ0) is 13.8. The summed E-state index contributed by atoms with van der Waals surface area (Å²) >= 11 is 0. The molecule has 1 rings (SSSR count). The van der Waals surface area contributed by atoms with Crippen LogP contribution >= 0.6 is 0 Å². The number of benzene rings is 1. The van der Waals surface area contributed by atoms with Crippen molar-refractivity contribution in [3.8, 4) is 0 Å². The van der Waals surface area contributed by atoms with Crippen LogP contribution in [0.15, 0.2) is 24.3 Å². The third kappa shape index (κ3) is 5.22. The Hall–Kier alpha value is -0.820. The van der Waals surface area contributed by atoms with Crippen molar-refractivity contribution >= 4 is 0 Å². The number of hydrogen-bond donors (Lipinski definition) is 1. The van der Waals surface area contributed by atoms with Crippen LogP contribution in [0.5, 0.6) is 0 Å². The van der Waals surface area contributed by atoms with Crippen LogP contribution in [0.1, 0.15) is 64.6 Å². The Morgan fingerprint density at radius 3 is 2.11 bits per heavy atom. The number of hydrogen-bond acceptors (Lipinski definition) is 1. The van der Waals surface area contributed by atoms with Gasteiger partial charge in [-0.05, 0) is 41.7 Å². The second-order valence-electron chi connectivity index (χ2n) is 6.81. The van der Waals surface area contributed by atoms with E-state index in [-0.39, 0.29) is 6.04 Å². The monoisotopic (exact) mass is 247 g/mol. The summed E-state index contributed by atoms with van der Waals surface area (Å²) in [5.74, 6) is 0.672. The largest absolute Gasteiger partial charge is 0.324 e. The van der Waals surface area contributed by atoms with Gasteiger partial charge < -0.3 is 5.73 Å². The van der Waals surface area contributed by atoms with E-state index < -0.39 is 0 Å². The van der Waals surface area contributed by atoms with Crippen molar-refractivity contribution in [3.63, 3.8) is 0 Å². The summed E-state index contributed by atoms with van der Waals surface area (Å²) in [4.78, 5) is 0. The summed E-state index contributed by atoms with van der Waals surface area (Å²) < 4.78 is 0. The van der Waals surface area contributed by atoms with E-state index in [4.69, 9.17) is 5.73 Å². The second kappa shape index (κ2) is 6.38. The maximum atomic E-state index is 6.31. The van der Waals surface area contributed by atoms with E-state index in [0.29, 0.717) is 11.3 Å². The van der Waals surface area contributed by atoms with Crippen molar-refractivity contribution < 1.29 is 0 Å². The molecule has 102 valence electrons. The van der Waals surface area contributed by atoms with E-state index in [0.717, 1.165) is 12.8 Å². The molecule has 0 aliphatic carbocycles. The smallest absolute Gasteiger partial charge is 0.0297 e. The van der Waals surface area contributed by atoms with Crippen molar-refractivity contribution in [1.82, 2.24) is 0 Å². The lowest BCUT2D eigenvalue weighted by Gasteiger charge is -2.25. The Bertz CT molecular complexity index is 345. The van der Waals surface area contributed by atoms with Gasteiger partial charge in [0.2, 0.25) is 0 Å². The summed E-state index contributed by atoms with van der Waals surface area (Å²) in [5, 5.41) is 0. The minimum Gasteiger partial charge on any atom is -0.324 e. The zero-order valence-corrected chi connectivity index (χ0v) is 12.7. The van der Waals surface area contributed by atoms with Gasteiger partial charge in [0.1, 0.15) is 0 Å². The van der Waals surface area contributed by atoms with Gasteiger partial charge in [0.05, 0.1) is 0 Å². The van der Waals surface area contributed by atoms with E-state index in [1.807, 2.05) is 0 Å². The van der Waals surface area contributed by atoms with Crippen molar-refractivity contribution in [2.75, 3.05) is 0 Å². The Balaban J connectivity index is 2.56. The van der Waals surface area contributed by atoms with Crippen molar-refractivity contribution in [2.24, 2.45) is 17.1 Å². The van der Waals surface area contributed by atoms with Gasteiger partial charge in [-0.1, -0.05) is 58.9 Å². The SMILES string of the molecule is CCc1ccc(C(N)CC(C)CC(C)(C)C)cc1. The molecule has 0 saturated carbocycles. The average molecular weight is 247 g/mol. The summed E-state index contributed by atoms with van der Waals surface area (Å²) in [6.45, 7) is 11.4. The fourth-order valence-electron chi connectivity index (χ4n) is 2.70. The van der Waals surface area contributed by atoms with E-state index in [9.17, 15) is 0 Å². The van der Waals surface area contributed by atoms with E-state index >= 15 is 0 Å². The van der Waals surface area contributed by atoms with Crippen LogP contribution < -0.4 is 5.73 Å². The summed E-state index contributed by atoms with van der Waals surface area (Å²) in [5.41, 5.74) is 9.35. The molecule has 18 heavy (non-hydrogen) atoms. The topological polar surface area (TPSA) is 26.0 Å². The van der Waals surface area contributed by atoms with Crippen LogP contribution in [0.3, 0.4) is 0 Å². The van der Waals surface area contributed by atoms with Crippen molar-refractivity contribution in [3.05, 3.63) is 35.4 Å². The lowest BCUT2D eigenvalue weighted by molar-refractivity contribution is 0.286. The van der Waals surface area contributed by atoms with Gasteiger partial charge in [0, 0.05) is 6.04 Å². The predicted octanol–water partition coefficient (Wildman–Crippen LogP) is 4.71. The minimum atomic E-state index is 0.174. The fraction of sp³-hybridized carbons (Fsp3) is 0.647. The van der Waals surface area contributed by atoms with Crippen LogP contribution in [0, 0.1) is 11.3 Å². The first kappa shape index (κ1) is 15.2. The molecule has 0 aliphatic heterocycles. The number of nitrogens with two attached hydrogens (primary N) is 1. The van der Waals surface area contributed by atoms with Gasteiger partial charge in [-0.2, -0.15) is 0 Å². The predicted molar refractivity (Wildman–Crippen MR) is 80.6 cm³/mol. The van der Waals surface area contributed by atoms with Crippen LogP contribution in [-0.2, 0) is 6.42 Å². The highest BCUT2D eigenvalue weighted by Crippen LogP contribution is 2.29. The molecule has 2 unspecified atom stereocenters. The number of rotatable bonds is 5. The molecule has 0 heterocycles. The van der Waals surface area contributed by atoms with Gasteiger partial charge in [-0.15, -0.1) is 0 Å². The first-order chi connectivity index (χ1) is 8.31. The Kier molecular flexibility index (Phi) is 5.40. The lowest BCUT2D eigenvalue weighted by atomic mass is 9.82. The van der Waals surface area contributed by atoms with Gasteiger partial charge in [-0.3, -0.25) is 0 Å². The maximum Gasteiger partial charge on any atom is 0.0297 e. The van der Waals surface area contributed by atoms with Crippen LogP contribution in [0.2, 0.25) is 0 Å². The Morgan fingerprint density at radius 1 is 1.11 bits per heavy atom. The van der Waals surface area contributed by atoms with Crippen molar-refractivity contribution in [1.29, 1.82) is 0 Å². The Morgan fingerprint density at radius 2 is 1.67 bits per heavy atom. The fourth-order valence-corrected chi connectivity index (χ4v) is 2.70. The van der Waals surface area contributed by atoms with Crippen LogP contribution in [0.25, 0.3) is 0 Å². The average Bonchev–Trinajstić information content (AvgIpc) is 2.26. The van der Waals surface area contributed by atoms with Gasteiger partial charge in [0.15, 0.2) is 0 Å². The van der Waals surface area contributed by atoms with Gasteiger partial charge >= 0.3 is 0 Å². The minimum absolute atomic E-state index is 0.174. The molecule has 2 atom stereocenters. The summed E-state index contributed by atoms with van der Waals surface area (Å²) in [6, 6.07) is 8.95. The molecule has 0 aromatic heterocycles. The highest BCUT2D eigenvalue weighted by molar-refractivity contribution is 5.24. The molecule has 1 nitrogen and oxygen atoms in total. The van der Waals surface area contributed by atoms with Crippen LogP contribution in [0.4, 0.5) is 0 Å². The molecule has 0 bridgehead atoms. The third-order valence-corrected chi connectivity index (χ3v) is 3.43. The molecule has 0 saturated heterocycles. The molecule has 0 fully saturated rings. The molecule has 0 amide bonds. The molecule has 0 aliphatic rings. The standard InChI is InChI=1S/C17H29N/c1-6-14-7-9-15(10-8-14)16(18)11-13(2)12-17(3,4)5/h7-10,13,16H,6,11-12,18H2,1-5H3.